The molecule has 0 bridgehead atoms. The largest absolute Gasteiger partial charge is 0.384 e. The number of hydrogen-bond acceptors (Lipinski definition) is 4. The summed E-state index contributed by atoms with van der Waals surface area (Å²) >= 11 is 0. The van der Waals surface area contributed by atoms with Gasteiger partial charge in [0.05, 0.1) is 0 Å². The van der Waals surface area contributed by atoms with Crippen molar-refractivity contribution < 1.29 is 0 Å². The van der Waals surface area contributed by atoms with Crippen LogP contribution in [0.1, 0.15) is 16.7 Å². The molecule has 4 heteroatoms. The lowest BCUT2D eigenvalue weighted by Gasteiger charge is -2.30. The van der Waals surface area contributed by atoms with E-state index in [0.29, 0.717) is 5.84 Å². The van der Waals surface area contributed by atoms with Crippen LogP contribution in [0.4, 0.5) is 0 Å². The maximum Gasteiger partial charge on any atom is 0.211 e. The molecule has 0 aromatic heterocycles. The summed E-state index contributed by atoms with van der Waals surface area (Å²) in [4.78, 5) is 4.26. The number of amidine groups is 1. The van der Waals surface area contributed by atoms with Gasteiger partial charge in [-0.05, 0) is 25.5 Å². The number of nitrogens with one attached hydrogen (secondary N) is 1. The van der Waals surface area contributed by atoms with Crippen molar-refractivity contribution in [3.63, 3.8) is 0 Å². The van der Waals surface area contributed by atoms with Crippen molar-refractivity contribution in [2.24, 2.45) is 16.5 Å². The zero-order chi connectivity index (χ0) is 11.8. The average Bonchev–Trinajstić information content (AvgIpc) is 2.21. The highest BCUT2D eigenvalue weighted by Crippen LogP contribution is 2.23. The Bertz CT molecular complexity index is 476. The lowest BCUT2D eigenvalue weighted by Crippen LogP contribution is -2.50. The van der Waals surface area contributed by atoms with Crippen LogP contribution in [-0.2, 0) is 5.79 Å². The summed E-state index contributed by atoms with van der Waals surface area (Å²) in [6.07, 6.45) is 3.42. The minimum Gasteiger partial charge on any atom is -0.384 e. The molecule has 84 valence electrons. The van der Waals surface area contributed by atoms with Crippen LogP contribution in [-0.4, -0.2) is 5.84 Å². The van der Waals surface area contributed by atoms with Crippen molar-refractivity contribution in [3.8, 4) is 0 Å². The van der Waals surface area contributed by atoms with Gasteiger partial charge in [-0.25, -0.2) is 4.99 Å². The van der Waals surface area contributed by atoms with Gasteiger partial charge in [0.1, 0.15) is 5.84 Å². The molecule has 0 saturated heterocycles. The Morgan fingerprint density at radius 1 is 1.31 bits per heavy atom. The van der Waals surface area contributed by atoms with E-state index in [0.717, 1.165) is 16.7 Å². The van der Waals surface area contributed by atoms with Crippen LogP contribution in [0.25, 0.3) is 0 Å². The van der Waals surface area contributed by atoms with E-state index in [1.165, 1.54) is 0 Å². The standard InChI is InChI=1S/C12H16N4/c1-8-3-4-9(2)10(7-8)12(14)15-6-5-11(13)16-12/h3-7,15H,14H2,1-2H3,(H2,13,16). The van der Waals surface area contributed by atoms with Gasteiger partial charge in [-0.3, -0.25) is 5.73 Å². The van der Waals surface area contributed by atoms with Crippen molar-refractivity contribution in [3.05, 3.63) is 47.2 Å². The van der Waals surface area contributed by atoms with E-state index in [9.17, 15) is 0 Å². The van der Waals surface area contributed by atoms with Crippen LogP contribution in [0.5, 0.6) is 0 Å². The molecule has 0 aliphatic carbocycles. The Labute approximate surface area is 95.1 Å². The molecule has 1 aliphatic heterocycles. The van der Waals surface area contributed by atoms with Crippen molar-refractivity contribution in [1.29, 1.82) is 0 Å². The number of nitrogens with two attached hydrogens (primary N) is 2. The highest BCUT2D eigenvalue weighted by molar-refractivity contribution is 5.92. The first-order valence-corrected chi connectivity index (χ1v) is 5.17. The van der Waals surface area contributed by atoms with Crippen LogP contribution in [0, 0.1) is 13.8 Å². The Morgan fingerprint density at radius 2 is 2.06 bits per heavy atom. The Morgan fingerprint density at radius 3 is 2.75 bits per heavy atom. The minimum atomic E-state index is -0.949. The summed E-state index contributed by atoms with van der Waals surface area (Å²) in [5.41, 5.74) is 15.1. The zero-order valence-corrected chi connectivity index (χ0v) is 9.49. The molecule has 16 heavy (non-hydrogen) atoms. The van der Waals surface area contributed by atoms with E-state index in [1.54, 1.807) is 12.3 Å². The van der Waals surface area contributed by atoms with Crippen LogP contribution in [0.15, 0.2) is 35.5 Å². The lowest BCUT2D eigenvalue weighted by atomic mass is 9.99. The van der Waals surface area contributed by atoms with Gasteiger partial charge in [-0.15, -0.1) is 0 Å². The Balaban J connectivity index is 2.51. The average molecular weight is 216 g/mol. The van der Waals surface area contributed by atoms with E-state index in [2.05, 4.69) is 10.3 Å². The predicted molar refractivity (Wildman–Crippen MR) is 65.7 cm³/mol. The molecule has 5 N–H and O–H groups in total. The first-order chi connectivity index (χ1) is 7.51. The third-order valence-electron chi connectivity index (χ3n) is 2.67. The van der Waals surface area contributed by atoms with Gasteiger partial charge in [0.2, 0.25) is 5.79 Å². The van der Waals surface area contributed by atoms with Gasteiger partial charge in [0.15, 0.2) is 0 Å². The molecule has 0 saturated carbocycles. The summed E-state index contributed by atoms with van der Waals surface area (Å²) in [7, 11) is 0. The highest BCUT2D eigenvalue weighted by Gasteiger charge is 2.28. The molecular formula is C12H16N4. The Kier molecular flexibility index (Phi) is 2.44. The third kappa shape index (κ3) is 1.79. The van der Waals surface area contributed by atoms with Crippen LogP contribution < -0.4 is 16.8 Å². The van der Waals surface area contributed by atoms with Gasteiger partial charge in [-0.1, -0.05) is 23.8 Å². The highest BCUT2D eigenvalue weighted by atomic mass is 15.3. The molecule has 0 amide bonds. The molecule has 1 unspecified atom stereocenters. The second-order valence-corrected chi connectivity index (χ2v) is 4.10. The lowest BCUT2D eigenvalue weighted by molar-refractivity contribution is 0.407. The summed E-state index contributed by atoms with van der Waals surface area (Å²) in [6, 6.07) is 6.11. The smallest absolute Gasteiger partial charge is 0.211 e. The first kappa shape index (κ1) is 10.7. The first-order valence-electron chi connectivity index (χ1n) is 5.17. The summed E-state index contributed by atoms with van der Waals surface area (Å²) in [6.45, 7) is 4.03. The number of nitrogens with zero attached hydrogens (tertiary/aromatic N) is 1. The van der Waals surface area contributed by atoms with E-state index in [4.69, 9.17) is 11.5 Å². The van der Waals surface area contributed by atoms with Gasteiger partial charge >= 0.3 is 0 Å². The topological polar surface area (TPSA) is 76.4 Å². The molecule has 0 fully saturated rings. The molecule has 1 heterocycles. The molecule has 0 spiro atoms. The Hall–Kier alpha value is -1.81. The summed E-state index contributed by atoms with van der Waals surface area (Å²) < 4.78 is 0. The SMILES string of the molecule is Cc1ccc(C)c(C2(N)N=C(N)C=CN2)c1. The van der Waals surface area contributed by atoms with Gasteiger partial charge < -0.3 is 11.1 Å². The van der Waals surface area contributed by atoms with E-state index < -0.39 is 5.79 Å². The summed E-state index contributed by atoms with van der Waals surface area (Å²) in [5.74, 6) is -0.517. The summed E-state index contributed by atoms with van der Waals surface area (Å²) in [5, 5.41) is 3.04. The fraction of sp³-hybridized carbons (Fsp3) is 0.250. The predicted octanol–water partition coefficient (Wildman–Crippen LogP) is 0.847. The third-order valence-corrected chi connectivity index (χ3v) is 2.67. The van der Waals surface area contributed by atoms with Crippen LogP contribution in [0.3, 0.4) is 0 Å². The monoisotopic (exact) mass is 216 g/mol. The van der Waals surface area contributed by atoms with Crippen molar-refractivity contribution in [2.45, 2.75) is 19.6 Å². The van der Waals surface area contributed by atoms with Gasteiger partial charge in [0.25, 0.3) is 0 Å². The van der Waals surface area contributed by atoms with Crippen molar-refractivity contribution >= 4 is 5.84 Å². The normalized spacial score (nSPS) is 23.8. The molecule has 1 aromatic rings. The van der Waals surface area contributed by atoms with Crippen molar-refractivity contribution in [1.82, 2.24) is 5.32 Å². The number of aliphatic imine (C=N–C) groups is 1. The van der Waals surface area contributed by atoms with Gasteiger partial charge in [-0.2, -0.15) is 0 Å². The van der Waals surface area contributed by atoms with Crippen molar-refractivity contribution in [2.75, 3.05) is 0 Å². The number of hydrogen-bond donors (Lipinski definition) is 3. The molecule has 1 atom stereocenters. The van der Waals surface area contributed by atoms with Gasteiger partial charge in [0, 0.05) is 11.8 Å². The molecule has 4 nitrogen and oxygen atoms in total. The number of benzene rings is 1. The maximum absolute atomic E-state index is 6.21. The quantitative estimate of drug-likeness (QED) is 0.651. The second-order valence-electron chi connectivity index (χ2n) is 4.10. The molecule has 1 aliphatic rings. The van der Waals surface area contributed by atoms with E-state index >= 15 is 0 Å². The fourth-order valence-electron chi connectivity index (χ4n) is 1.81. The molecular weight excluding hydrogens is 200 g/mol. The number of aryl methyl sites for hydroxylation is 2. The molecule has 2 rings (SSSR count). The molecule has 1 aromatic carbocycles. The molecule has 0 radical (unpaired) electrons. The fourth-order valence-corrected chi connectivity index (χ4v) is 1.81. The minimum absolute atomic E-state index is 0.433. The van der Waals surface area contributed by atoms with Crippen LogP contribution in [0.2, 0.25) is 0 Å². The maximum atomic E-state index is 6.21. The zero-order valence-electron chi connectivity index (χ0n) is 9.49. The van der Waals surface area contributed by atoms with Crippen LogP contribution >= 0.6 is 0 Å². The second kappa shape index (κ2) is 3.64. The number of rotatable bonds is 1. The van der Waals surface area contributed by atoms with E-state index in [1.807, 2.05) is 32.0 Å². The van der Waals surface area contributed by atoms with E-state index in [-0.39, 0.29) is 0 Å².